The summed E-state index contributed by atoms with van der Waals surface area (Å²) in [6, 6.07) is 0. The summed E-state index contributed by atoms with van der Waals surface area (Å²) < 4.78 is 0. The van der Waals surface area contributed by atoms with Crippen LogP contribution < -0.4 is 16.4 Å². The van der Waals surface area contributed by atoms with Crippen LogP contribution in [0.3, 0.4) is 0 Å². The fraction of sp³-hybridized carbons (Fsp3) is 0.900. The number of hydrogen-bond donors (Lipinski definition) is 3. The van der Waals surface area contributed by atoms with Gasteiger partial charge in [-0.2, -0.15) is 0 Å². The van der Waals surface area contributed by atoms with E-state index in [9.17, 15) is 4.79 Å². The van der Waals surface area contributed by atoms with E-state index in [1.54, 1.807) is 0 Å². The van der Waals surface area contributed by atoms with E-state index in [4.69, 9.17) is 5.73 Å². The summed E-state index contributed by atoms with van der Waals surface area (Å²) >= 11 is 0. The molecule has 0 bridgehead atoms. The summed E-state index contributed by atoms with van der Waals surface area (Å²) in [5.74, 6) is 0.778. The lowest BCUT2D eigenvalue weighted by Gasteiger charge is -2.31. The standard InChI is InChI=1S/C20H41N5O.HI/c1-3-4-5-6-7-8-9-13-23-20(22-2)24-14-11-16-25-15-10-12-18(17-25)19(21)26;/h18H,3-17H2,1-2H3,(H2,21,26)(H2,22,23,24);1H. The molecule has 0 radical (unpaired) electrons. The Morgan fingerprint density at radius 3 is 2.33 bits per heavy atom. The van der Waals surface area contributed by atoms with Gasteiger partial charge in [0.05, 0.1) is 5.92 Å². The normalized spacial score (nSPS) is 18.0. The first-order valence-corrected chi connectivity index (χ1v) is 10.6. The molecule has 1 heterocycles. The van der Waals surface area contributed by atoms with Crippen LogP contribution in [0.15, 0.2) is 4.99 Å². The molecule has 1 aliphatic heterocycles. The van der Waals surface area contributed by atoms with E-state index in [1.165, 1.54) is 44.9 Å². The number of nitrogens with two attached hydrogens (primary N) is 1. The SMILES string of the molecule is CCCCCCCCCNC(=NC)NCCCN1CCCC(C(N)=O)C1.I. The second-order valence-corrected chi connectivity index (χ2v) is 7.44. The van der Waals surface area contributed by atoms with E-state index < -0.39 is 0 Å². The zero-order chi connectivity index (χ0) is 19.0. The van der Waals surface area contributed by atoms with E-state index >= 15 is 0 Å². The van der Waals surface area contributed by atoms with Gasteiger partial charge >= 0.3 is 0 Å². The number of carbonyl (C=O) groups is 1. The van der Waals surface area contributed by atoms with Crippen LogP contribution in [0.2, 0.25) is 0 Å². The van der Waals surface area contributed by atoms with Crippen molar-refractivity contribution in [2.75, 3.05) is 39.8 Å². The highest BCUT2D eigenvalue weighted by molar-refractivity contribution is 14.0. The van der Waals surface area contributed by atoms with Gasteiger partial charge in [-0.3, -0.25) is 9.79 Å². The van der Waals surface area contributed by atoms with Crippen molar-refractivity contribution in [1.82, 2.24) is 15.5 Å². The van der Waals surface area contributed by atoms with Crippen LogP contribution in [-0.2, 0) is 4.79 Å². The molecule has 6 nitrogen and oxygen atoms in total. The quantitative estimate of drug-likeness (QED) is 0.159. The number of nitrogens with zero attached hydrogens (tertiary/aromatic N) is 2. The van der Waals surface area contributed by atoms with Crippen LogP contribution in [0.5, 0.6) is 0 Å². The first-order chi connectivity index (χ1) is 12.7. The fourth-order valence-corrected chi connectivity index (χ4v) is 3.51. The van der Waals surface area contributed by atoms with E-state index in [2.05, 4.69) is 27.4 Å². The van der Waals surface area contributed by atoms with Gasteiger partial charge in [0.25, 0.3) is 0 Å². The molecule has 1 rings (SSSR count). The fourth-order valence-electron chi connectivity index (χ4n) is 3.51. The number of halogens is 1. The van der Waals surface area contributed by atoms with Crippen LogP contribution >= 0.6 is 24.0 Å². The van der Waals surface area contributed by atoms with Crippen molar-refractivity contribution < 1.29 is 4.79 Å². The number of aliphatic imine (C=N–C) groups is 1. The lowest BCUT2D eigenvalue weighted by atomic mass is 9.97. The van der Waals surface area contributed by atoms with Gasteiger partial charge in [-0.15, -0.1) is 24.0 Å². The number of likely N-dealkylation sites (tertiary alicyclic amines) is 1. The molecule has 1 fully saturated rings. The smallest absolute Gasteiger partial charge is 0.221 e. The molecule has 1 aliphatic rings. The van der Waals surface area contributed by atoms with Gasteiger partial charge in [-0.25, -0.2) is 0 Å². The molecule has 0 aromatic heterocycles. The lowest BCUT2D eigenvalue weighted by molar-refractivity contribution is -0.123. The van der Waals surface area contributed by atoms with Crippen LogP contribution in [0.1, 0.15) is 71.1 Å². The summed E-state index contributed by atoms with van der Waals surface area (Å²) in [5, 5.41) is 6.78. The molecule has 1 saturated heterocycles. The van der Waals surface area contributed by atoms with Crippen molar-refractivity contribution in [3.63, 3.8) is 0 Å². The third kappa shape index (κ3) is 13.3. The predicted octanol–water partition coefficient (Wildman–Crippen LogP) is 3.11. The Hall–Kier alpha value is -0.570. The summed E-state index contributed by atoms with van der Waals surface area (Å²) in [6.45, 7) is 7.04. The average molecular weight is 495 g/mol. The highest BCUT2D eigenvalue weighted by Crippen LogP contribution is 2.15. The summed E-state index contributed by atoms with van der Waals surface area (Å²) in [7, 11) is 1.82. The molecular formula is C20H42IN5O. The number of piperidine rings is 1. The minimum atomic E-state index is -0.150. The molecule has 1 unspecified atom stereocenters. The first kappa shape index (κ1) is 26.4. The molecule has 0 saturated carbocycles. The second-order valence-electron chi connectivity index (χ2n) is 7.44. The molecule has 7 heteroatoms. The van der Waals surface area contributed by atoms with Crippen molar-refractivity contribution in [3.05, 3.63) is 0 Å². The number of nitrogens with one attached hydrogen (secondary N) is 2. The summed E-state index contributed by atoms with van der Waals surface area (Å²) in [6.07, 6.45) is 12.3. The minimum Gasteiger partial charge on any atom is -0.369 e. The van der Waals surface area contributed by atoms with Crippen molar-refractivity contribution in [3.8, 4) is 0 Å². The van der Waals surface area contributed by atoms with Gasteiger partial charge in [-0.1, -0.05) is 45.4 Å². The predicted molar refractivity (Wildman–Crippen MR) is 126 cm³/mol. The molecule has 0 spiro atoms. The molecule has 27 heavy (non-hydrogen) atoms. The zero-order valence-corrected chi connectivity index (χ0v) is 19.8. The van der Waals surface area contributed by atoms with E-state index in [1.807, 2.05) is 7.05 Å². The molecule has 4 N–H and O–H groups in total. The average Bonchev–Trinajstić information content (AvgIpc) is 2.65. The molecule has 1 amide bonds. The third-order valence-electron chi connectivity index (χ3n) is 5.15. The maximum atomic E-state index is 11.3. The van der Waals surface area contributed by atoms with E-state index in [0.29, 0.717) is 0 Å². The maximum absolute atomic E-state index is 11.3. The monoisotopic (exact) mass is 495 g/mol. The van der Waals surface area contributed by atoms with Gasteiger partial charge in [0.1, 0.15) is 0 Å². The van der Waals surface area contributed by atoms with Gasteiger partial charge < -0.3 is 21.3 Å². The Balaban J connectivity index is 0.00000676. The number of unbranched alkanes of at least 4 members (excludes halogenated alkanes) is 6. The van der Waals surface area contributed by atoms with Gasteiger partial charge in [-0.05, 0) is 38.8 Å². The maximum Gasteiger partial charge on any atom is 0.221 e. The second kappa shape index (κ2) is 17.5. The zero-order valence-electron chi connectivity index (χ0n) is 17.5. The lowest BCUT2D eigenvalue weighted by Crippen LogP contribution is -2.43. The molecule has 0 aliphatic carbocycles. The number of guanidine groups is 1. The highest BCUT2D eigenvalue weighted by atomic mass is 127. The first-order valence-electron chi connectivity index (χ1n) is 10.6. The number of rotatable bonds is 13. The van der Waals surface area contributed by atoms with Crippen molar-refractivity contribution in [1.29, 1.82) is 0 Å². The molecule has 0 aromatic rings. The van der Waals surface area contributed by atoms with Crippen LogP contribution in [0.4, 0.5) is 0 Å². The Bertz CT molecular complexity index is 406. The van der Waals surface area contributed by atoms with Crippen LogP contribution in [-0.4, -0.2) is 56.5 Å². The number of amides is 1. The van der Waals surface area contributed by atoms with E-state index in [0.717, 1.165) is 57.9 Å². The number of carbonyl (C=O) groups excluding carboxylic acids is 1. The summed E-state index contributed by atoms with van der Waals surface area (Å²) in [4.78, 5) is 18.0. The molecular weight excluding hydrogens is 453 g/mol. The van der Waals surface area contributed by atoms with Crippen molar-refractivity contribution in [2.45, 2.75) is 71.1 Å². The summed E-state index contributed by atoms with van der Waals surface area (Å²) in [5.41, 5.74) is 5.44. The highest BCUT2D eigenvalue weighted by Gasteiger charge is 2.23. The molecule has 160 valence electrons. The topological polar surface area (TPSA) is 82.8 Å². The van der Waals surface area contributed by atoms with Gasteiger partial charge in [0.15, 0.2) is 5.96 Å². The third-order valence-corrected chi connectivity index (χ3v) is 5.15. The van der Waals surface area contributed by atoms with Crippen LogP contribution in [0, 0.1) is 5.92 Å². The largest absolute Gasteiger partial charge is 0.369 e. The molecule has 0 aromatic carbocycles. The van der Waals surface area contributed by atoms with Gasteiger partial charge in [0, 0.05) is 26.7 Å². The molecule has 1 atom stereocenters. The van der Waals surface area contributed by atoms with Crippen molar-refractivity contribution in [2.24, 2.45) is 16.6 Å². The van der Waals surface area contributed by atoms with Crippen molar-refractivity contribution >= 4 is 35.8 Å². The minimum absolute atomic E-state index is 0. The van der Waals surface area contributed by atoms with Crippen LogP contribution in [0.25, 0.3) is 0 Å². The Morgan fingerprint density at radius 1 is 1.07 bits per heavy atom. The number of hydrogen-bond acceptors (Lipinski definition) is 3. The van der Waals surface area contributed by atoms with Gasteiger partial charge in [0.2, 0.25) is 5.91 Å². The Kier molecular flexibility index (Phi) is 17.2. The van der Waals surface area contributed by atoms with E-state index in [-0.39, 0.29) is 35.8 Å². The Morgan fingerprint density at radius 2 is 1.70 bits per heavy atom. The number of primary amides is 1. The Labute approximate surface area is 183 Å².